The summed E-state index contributed by atoms with van der Waals surface area (Å²) in [5.41, 5.74) is 2.32. The van der Waals surface area contributed by atoms with E-state index >= 15 is 0 Å². The largest absolute Gasteiger partial charge is 0.497 e. The summed E-state index contributed by atoms with van der Waals surface area (Å²) in [6.45, 7) is 4.27. The SMILES string of the molecule is CCOC(=O)C[C@@H](NC(=O)CSc1nc2c(c(=O)n(C)c(=O)n2C)n1Cc1ccc(C)cc1)c1ccc(OC)cc1. The van der Waals surface area contributed by atoms with Gasteiger partial charge in [-0.15, -0.1) is 0 Å². The molecule has 41 heavy (non-hydrogen) atoms. The van der Waals surface area contributed by atoms with E-state index in [1.165, 1.54) is 11.6 Å². The summed E-state index contributed by atoms with van der Waals surface area (Å²) in [4.78, 5) is 55.8. The Bertz CT molecular complexity index is 1670. The Morgan fingerprint density at radius 3 is 2.34 bits per heavy atom. The van der Waals surface area contributed by atoms with Crippen LogP contribution in [0.15, 0.2) is 63.3 Å². The Morgan fingerprint density at radius 2 is 1.71 bits per heavy atom. The van der Waals surface area contributed by atoms with Crippen LogP contribution < -0.4 is 21.3 Å². The summed E-state index contributed by atoms with van der Waals surface area (Å²) >= 11 is 1.14. The van der Waals surface area contributed by atoms with Crippen LogP contribution in [0.4, 0.5) is 0 Å². The number of ether oxygens (including phenoxy) is 2. The topological polar surface area (TPSA) is 126 Å². The quantitative estimate of drug-likeness (QED) is 0.212. The van der Waals surface area contributed by atoms with Gasteiger partial charge in [0.25, 0.3) is 5.56 Å². The fraction of sp³-hybridized carbons (Fsp3) is 0.345. The van der Waals surface area contributed by atoms with Gasteiger partial charge in [-0.25, -0.2) is 9.78 Å². The zero-order valence-corrected chi connectivity index (χ0v) is 24.5. The van der Waals surface area contributed by atoms with Gasteiger partial charge in [0.2, 0.25) is 5.91 Å². The van der Waals surface area contributed by atoms with Gasteiger partial charge in [-0.3, -0.25) is 23.5 Å². The molecule has 1 N–H and O–H groups in total. The van der Waals surface area contributed by atoms with Gasteiger partial charge in [0.05, 0.1) is 38.5 Å². The molecule has 0 aliphatic rings. The van der Waals surface area contributed by atoms with Crippen molar-refractivity contribution in [3.8, 4) is 5.75 Å². The maximum absolute atomic E-state index is 13.2. The van der Waals surface area contributed by atoms with Crippen LogP contribution in [-0.4, -0.2) is 50.0 Å². The number of fused-ring (bicyclic) bond motifs is 1. The van der Waals surface area contributed by atoms with Gasteiger partial charge < -0.3 is 19.4 Å². The maximum Gasteiger partial charge on any atom is 0.332 e. The molecule has 0 aliphatic carbocycles. The van der Waals surface area contributed by atoms with Crippen LogP contribution >= 0.6 is 11.8 Å². The molecule has 1 atom stereocenters. The molecule has 2 heterocycles. The van der Waals surface area contributed by atoms with E-state index < -0.39 is 23.3 Å². The number of hydrogen-bond acceptors (Lipinski definition) is 8. The van der Waals surface area contributed by atoms with Gasteiger partial charge in [0.1, 0.15) is 5.75 Å². The third-order valence-corrected chi connectivity index (χ3v) is 7.61. The van der Waals surface area contributed by atoms with E-state index in [9.17, 15) is 19.2 Å². The lowest BCUT2D eigenvalue weighted by atomic mass is 10.0. The number of aromatic nitrogens is 4. The monoisotopic (exact) mass is 579 g/mol. The number of thioether (sulfide) groups is 1. The Labute approximate surface area is 241 Å². The molecule has 2 aromatic carbocycles. The number of carbonyl (C=O) groups is 2. The second kappa shape index (κ2) is 12.9. The van der Waals surface area contributed by atoms with Crippen LogP contribution in [0.2, 0.25) is 0 Å². The predicted molar refractivity (Wildman–Crippen MR) is 156 cm³/mol. The molecule has 0 saturated carbocycles. The van der Waals surface area contributed by atoms with Crippen LogP contribution in [0.25, 0.3) is 11.2 Å². The highest BCUT2D eigenvalue weighted by Crippen LogP contribution is 2.25. The lowest BCUT2D eigenvalue weighted by Gasteiger charge is -2.19. The van der Waals surface area contributed by atoms with Crippen molar-refractivity contribution in [3.05, 3.63) is 86.1 Å². The van der Waals surface area contributed by atoms with Gasteiger partial charge in [-0.1, -0.05) is 53.7 Å². The van der Waals surface area contributed by atoms with Gasteiger partial charge >= 0.3 is 11.7 Å². The molecule has 4 aromatic rings. The zero-order valence-electron chi connectivity index (χ0n) is 23.7. The number of benzene rings is 2. The lowest BCUT2D eigenvalue weighted by molar-refractivity contribution is -0.143. The molecule has 0 fully saturated rings. The normalized spacial score (nSPS) is 11.8. The molecule has 4 rings (SSSR count). The second-order valence-electron chi connectivity index (χ2n) is 9.54. The van der Waals surface area contributed by atoms with Crippen LogP contribution in [0.3, 0.4) is 0 Å². The first-order valence-corrected chi connectivity index (χ1v) is 14.0. The minimum atomic E-state index is -0.618. The maximum atomic E-state index is 13.2. The minimum Gasteiger partial charge on any atom is -0.497 e. The molecule has 0 radical (unpaired) electrons. The van der Waals surface area contributed by atoms with Crippen molar-refractivity contribution in [2.75, 3.05) is 19.5 Å². The predicted octanol–water partition coefficient (Wildman–Crippen LogP) is 2.70. The van der Waals surface area contributed by atoms with E-state index in [1.54, 1.807) is 49.9 Å². The third-order valence-electron chi connectivity index (χ3n) is 6.64. The first kappa shape index (κ1) is 29.7. The average Bonchev–Trinajstić information content (AvgIpc) is 3.33. The number of carbonyl (C=O) groups excluding carboxylic acids is 2. The van der Waals surface area contributed by atoms with Crippen LogP contribution in [-0.2, 0) is 35.0 Å². The molecule has 2 aromatic heterocycles. The molecule has 0 bridgehead atoms. The highest BCUT2D eigenvalue weighted by atomic mass is 32.2. The molecule has 1 amide bonds. The van der Waals surface area contributed by atoms with E-state index in [2.05, 4.69) is 10.3 Å². The molecule has 0 spiro atoms. The fourth-order valence-electron chi connectivity index (χ4n) is 4.40. The minimum absolute atomic E-state index is 0.0407. The fourth-order valence-corrected chi connectivity index (χ4v) is 5.21. The average molecular weight is 580 g/mol. The summed E-state index contributed by atoms with van der Waals surface area (Å²) in [5.74, 6) is -0.159. The highest BCUT2D eigenvalue weighted by molar-refractivity contribution is 7.99. The van der Waals surface area contributed by atoms with E-state index in [0.717, 1.165) is 33.0 Å². The molecule has 12 heteroatoms. The molecule has 0 unspecified atom stereocenters. The van der Waals surface area contributed by atoms with Crippen molar-refractivity contribution < 1.29 is 19.1 Å². The number of nitrogens with zero attached hydrogens (tertiary/aromatic N) is 4. The summed E-state index contributed by atoms with van der Waals surface area (Å²) in [5, 5.41) is 3.34. The van der Waals surface area contributed by atoms with Crippen molar-refractivity contribution in [1.29, 1.82) is 0 Å². The standard InChI is InChI=1S/C29H33N5O6S/c1-6-40-24(36)15-22(20-11-13-21(39-5)14-12-20)30-23(35)17-41-28-31-26-25(27(37)33(4)29(38)32(26)3)34(28)16-19-9-7-18(2)8-10-19/h7-14,22H,6,15-17H2,1-5H3,(H,30,35)/t22-/m1/s1. The van der Waals surface area contributed by atoms with E-state index in [-0.39, 0.29) is 35.9 Å². The van der Waals surface area contributed by atoms with Crippen molar-refractivity contribution in [3.63, 3.8) is 0 Å². The first-order valence-electron chi connectivity index (χ1n) is 13.1. The molecular weight excluding hydrogens is 546 g/mol. The van der Waals surface area contributed by atoms with Gasteiger partial charge in [-0.2, -0.15) is 0 Å². The number of nitrogens with one attached hydrogen (secondary N) is 1. The molecule has 216 valence electrons. The van der Waals surface area contributed by atoms with Crippen molar-refractivity contribution in [1.82, 2.24) is 24.0 Å². The highest BCUT2D eigenvalue weighted by Gasteiger charge is 2.23. The Kier molecular flexibility index (Phi) is 9.33. The Balaban J connectivity index is 1.62. The van der Waals surface area contributed by atoms with Gasteiger partial charge in [-0.05, 0) is 37.1 Å². The second-order valence-corrected chi connectivity index (χ2v) is 10.5. The Hall–Kier alpha value is -4.32. The van der Waals surface area contributed by atoms with Crippen molar-refractivity contribution >= 4 is 34.8 Å². The number of aryl methyl sites for hydroxylation is 2. The number of hydrogen-bond donors (Lipinski definition) is 1. The number of esters is 1. The smallest absolute Gasteiger partial charge is 0.332 e. The van der Waals surface area contributed by atoms with E-state index in [0.29, 0.717) is 17.5 Å². The zero-order chi connectivity index (χ0) is 29.7. The van der Waals surface area contributed by atoms with Crippen LogP contribution in [0.5, 0.6) is 5.75 Å². The van der Waals surface area contributed by atoms with Crippen LogP contribution in [0, 0.1) is 6.92 Å². The number of imidazole rings is 1. The van der Waals surface area contributed by atoms with Crippen LogP contribution in [0.1, 0.15) is 36.1 Å². The van der Waals surface area contributed by atoms with Gasteiger partial charge in [0.15, 0.2) is 16.3 Å². The molecule has 0 saturated heterocycles. The Morgan fingerprint density at radius 1 is 1.02 bits per heavy atom. The summed E-state index contributed by atoms with van der Waals surface area (Å²) in [7, 11) is 4.55. The number of rotatable bonds is 11. The lowest BCUT2D eigenvalue weighted by Crippen LogP contribution is -2.37. The summed E-state index contributed by atoms with van der Waals surface area (Å²) < 4.78 is 14.4. The van der Waals surface area contributed by atoms with E-state index in [4.69, 9.17) is 9.47 Å². The third kappa shape index (κ3) is 6.71. The number of methoxy groups -OCH3 is 1. The van der Waals surface area contributed by atoms with Crippen molar-refractivity contribution in [2.45, 2.75) is 38.0 Å². The molecule has 11 nitrogen and oxygen atoms in total. The first-order chi connectivity index (χ1) is 19.6. The summed E-state index contributed by atoms with van der Waals surface area (Å²) in [6.07, 6.45) is -0.0410. The molecular formula is C29H33N5O6S. The molecule has 0 aliphatic heterocycles. The summed E-state index contributed by atoms with van der Waals surface area (Å²) in [6, 6.07) is 14.3. The number of amides is 1. The van der Waals surface area contributed by atoms with E-state index in [1.807, 2.05) is 31.2 Å². The van der Waals surface area contributed by atoms with Gasteiger partial charge in [0, 0.05) is 14.1 Å². The van der Waals surface area contributed by atoms with Crippen molar-refractivity contribution in [2.24, 2.45) is 14.1 Å².